The average molecular weight is 358 g/mol. The molecule has 5 heteroatoms. The Morgan fingerprint density at radius 1 is 1.23 bits per heavy atom. The van der Waals surface area contributed by atoms with Gasteiger partial charge in [-0.1, -0.05) is 25.5 Å². The van der Waals surface area contributed by atoms with Crippen LogP contribution in [0.1, 0.15) is 46.0 Å². The zero-order valence-electron chi connectivity index (χ0n) is 15.3. The molecule has 0 aliphatic heterocycles. The first-order valence-corrected chi connectivity index (χ1v) is 9.56. The number of carbonyl (C=O) groups is 3. The summed E-state index contributed by atoms with van der Waals surface area (Å²) >= 11 is 0. The van der Waals surface area contributed by atoms with Crippen molar-refractivity contribution >= 4 is 17.5 Å². The van der Waals surface area contributed by atoms with Crippen LogP contribution in [0, 0.1) is 34.5 Å². The highest BCUT2D eigenvalue weighted by Gasteiger charge is 2.63. The van der Waals surface area contributed by atoms with Crippen molar-refractivity contribution in [3.8, 4) is 0 Å². The molecule has 1 unspecified atom stereocenters. The second kappa shape index (κ2) is 5.62. The Hall–Kier alpha value is -1.75. The molecule has 0 aromatic rings. The van der Waals surface area contributed by atoms with Gasteiger partial charge in [0.2, 0.25) is 0 Å². The molecular formula is C21H26O5. The summed E-state index contributed by atoms with van der Waals surface area (Å²) in [6, 6.07) is 0. The van der Waals surface area contributed by atoms with Gasteiger partial charge in [-0.3, -0.25) is 9.59 Å². The molecule has 0 aromatic carbocycles. The third kappa shape index (κ3) is 2.22. The van der Waals surface area contributed by atoms with Crippen LogP contribution in [0.15, 0.2) is 23.8 Å². The summed E-state index contributed by atoms with van der Waals surface area (Å²) in [4.78, 5) is 36.4. The van der Waals surface area contributed by atoms with Crippen molar-refractivity contribution in [3.05, 3.63) is 23.8 Å². The van der Waals surface area contributed by atoms with Crippen LogP contribution in [0.5, 0.6) is 0 Å². The van der Waals surface area contributed by atoms with Crippen LogP contribution in [0.4, 0.5) is 0 Å². The number of carboxylic acids is 1. The summed E-state index contributed by atoms with van der Waals surface area (Å²) in [6.07, 6.45) is 7.28. The van der Waals surface area contributed by atoms with Crippen LogP contribution in [0.25, 0.3) is 0 Å². The van der Waals surface area contributed by atoms with Gasteiger partial charge in [-0.25, -0.2) is 4.79 Å². The fourth-order valence-corrected chi connectivity index (χ4v) is 6.76. The molecule has 4 aliphatic rings. The maximum absolute atomic E-state index is 13.3. The number of hydrogen-bond donors (Lipinski definition) is 2. The van der Waals surface area contributed by atoms with E-state index < -0.39 is 22.9 Å². The second-order valence-corrected chi connectivity index (χ2v) is 9.09. The average Bonchev–Trinajstić information content (AvgIpc) is 2.90. The maximum Gasteiger partial charge on any atom is 0.332 e. The SMILES string of the molecule is C[C@]12CC(=O)[C@H]3[C@@H](CCC4=CC(=O)C=C[C@@]43C)[C@@H]1CC[C@@H]2C(O)C(=O)O. The second-order valence-electron chi connectivity index (χ2n) is 9.09. The molecule has 140 valence electrons. The van der Waals surface area contributed by atoms with Gasteiger partial charge in [0, 0.05) is 23.7 Å². The Labute approximate surface area is 153 Å². The molecule has 0 amide bonds. The summed E-state index contributed by atoms with van der Waals surface area (Å²) in [5, 5.41) is 19.5. The first kappa shape index (κ1) is 17.7. The molecule has 0 heterocycles. The van der Waals surface area contributed by atoms with E-state index in [2.05, 4.69) is 6.92 Å². The molecule has 3 saturated carbocycles. The minimum Gasteiger partial charge on any atom is -0.479 e. The summed E-state index contributed by atoms with van der Waals surface area (Å²) in [7, 11) is 0. The lowest BCUT2D eigenvalue weighted by atomic mass is 9.47. The van der Waals surface area contributed by atoms with Crippen molar-refractivity contribution in [3.63, 3.8) is 0 Å². The maximum atomic E-state index is 13.3. The van der Waals surface area contributed by atoms with Crippen LogP contribution in [-0.4, -0.2) is 33.9 Å². The van der Waals surface area contributed by atoms with E-state index in [1.54, 1.807) is 12.2 Å². The monoisotopic (exact) mass is 358 g/mol. The van der Waals surface area contributed by atoms with Gasteiger partial charge < -0.3 is 10.2 Å². The molecule has 5 nitrogen and oxygen atoms in total. The molecule has 0 spiro atoms. The Bertz CT molecular complexity index is 750. The number of aliphatic hydroxyl groups excluding tert-OH is 1. The van der Waals surface area contributed by atoms with Crippen LogP contribution in [0.2, 0.25) is 0 Å². The van der Waals surface area contributed by atoms with Crippen molar-refractivity contribution in [2.24, 2.45) is 34.5 Å². The fraction of sp³-hybridized carbons (Fsp3) is 0.667. The molecular weight excluding hydrogens is 332 g/mol. The number of allylic oxidation sites excluding steroid dienone is 4. The third-order valence-corrected chi connectivity index (χ3v) is 7.96. The molecule has 26 heavy (non-hydrogen) atoms. The number of carbonyl (C=O) groups excluding carboxylic acids is 2. The third-order valence-electron chi connectivity index (χ3n) is 7.96. The quantitative estimate of drug-likeness (QED) is 0.791. The molecule has 3 fully saturated rings. The number of fused-ring (bicyclic) bond motifs is 5. The lowest BCUT2D eigenvalue weighted by molar-refractivity contribution is -0.158. The van der Waals surface area contributed by atoms with Crippen molar-refractivity contribution in [1.29, 1.82) is 0 Å². The Morgan fingerprint density at radius 2 is 1.96 bits per heavy atom. The Kier molecular flexibility index (Phi) is 3.82. The molecule has 4 aliphatic carbocycles. The molecule has 7 atom stereocenters. The molecule has 4 rings (SSSR count). The zero-order valence-corrected chi connectivity index (χ0v) is 15.3. The van der Waals surface area contributed by atoms with E-state index in [0.717, 1.165) is 24.8 Å². The highest BCUT2D eigenvalue weighted by Crippen LogP contribution is 2.65. The van der Waals surface area contributed by atoms with Crippen LogP contribution >= 0.6 is 0 Å². The first-order chi connectivity index (χ1) is 12.2. The van der Waals surface area contributed by atoms with Gasteiger partial charge in [0.05, 0.1) is 0 Å². The molecule has 0 saturated heterocycles. The van der Waals surface area contributed by atoms with E-state index in [1.165, 1.54) is 0 Å². The van der Waals surface area contributed by atoms with E-state index in [9.17, 15) is 24.6 Å². The van der Waals surface area contributed by atoms with Crippen molar-refractivity contribution in [2.45, 2.75) is 52.1 Å². The number of ketones is 2. The van der Waals surface area contributed by atoms with Crippen LogP contribution in [0.3, 0.4) is 0 Å². The van der Waals surface area contributed by atoms with Gasteiger partial charge in [-0.15, -0.1) is 0 Å². The molecule has 0 radical (unpaired) electrons. The summed E-state index contributed by atoms with van der Waals surface area (Å²) in [5.41, 5.74) is 0.198. The van der Waals surface area contributed by atoms with E-state index in [0.29, 0.717) is 12.8 Å². The molecule has 2 N–H and O–H groups in total. The number of carboxylic acid groups (broad SMARTS) is 1. The van der Waals surface area contributed by atoms with Crippen molar-refractivity contribution in [2.75, 3.05) is 0 Å². The number of hydrogen-bond acceptors (Lipinski definition) is 4. The highest BCUT2D eigenvalue weighted by atomic mass is 16.4. The normalized spacial score (nSPS) is 45.4. The molecule has 0 aromatic heterocycles. The molecule has 0 bridgehead atoms. The number of aliphatic hydroxyl groups is 1. The summed E-state index contributed by atoms with van der Waals surface area (Å²) < 4.78 is 0. The minimum atomic E-state index is -1.41. The smallest absolute Gasteiger partial charge is 0.332 e. The van der Waals surface area contributed by atoms with Gasteiger partial charge in [-0.2, -0.15) is 0 Å². The fourth-order valence-electron chi connectivity index (χ4n) is 6.76. The summed E-state index contributed by atoms with van der Waals surface area (Å²) in [6.45, 7) is 4.07. The van der Waals surface area contributed by atoms with E-state index in [-0.39, 0.29) is 35.2 Å². The topological polar surface area (TPSA) is 91.7 Å². The largest absolute Gasteiger partial charge is 0.479 e. The summed E-state index contributed by atoms with van der Waals surface area (Å²) in [5.74, 6) is -1.13. The Balaban J connectivity index is 1.71. The lowest BCUT2D eigenvalue weighted by Crippen LogP contribution is -2.55. The number of Topliss-reactive ketones (excluding diaryl/α,β-unsaturated/α-hetero) is 1. The van der Waals surface area contributed by atoms with E-state index >= 15 is 0 Å². The van der Waals surface area contributed by atoms with Gasteiger partial charge in [0.25, 0.3) is 0 Å². The number of aliphatic carboxylic acids is 1. The minimum absolute atomic E-state index is 0.00506. The first-order valence-electron chi connectivity index (χ1n) is 9.56. The van der Waals surface area contributed by atoms with E-state index in [4.69, 9.17) is 0 Å². The van der Waals surface area contributed by atoms with Crippen LogP contribution in [-0.2, 0) is 14.4 Å². The highest BCUT2D eigenvalue weighted by molar-refractivity contribution is 6.01. The Morgan fingerprint density at radius 3 is 2.65 bits per heavy atom. The van der Waals surface area contributed by atoms with Crippen molar-refractivity contribution < 1.29 is 24.6 Å². The van der Waals surface area contributed by atoms with E-state index in [1.807, 2.05) is 13.0 Å². The van der Waals surface area contributed by atoms with Crippen molar-refractivity contribution in [1.82, 2.24) is 0 Å². The van der Waals surface area contributed by atoms with Gasteiger partial charge in [0.1, 0.15) is 5.78 Å². The predicted octanol–water partition coefficient (Wildman–Crippen LogP) is 2.54. The zero-order chi connectivity index (χ0) is 18.9. The predicted molar refractivity (Wildman–Crippen MR) is 94.1 cm³/mol. The van der Waals surface area contributed by atoms with Gasteiger partial charge in [0.15, 0.2) is 11.9 Å². The lowest BCUT2D eigenvalue weighted by Gasteiger charge is -2.56. The number of rotatable bonds is 2. The standard InChI is InChI=1S/C21H26O5/c1-20-8-7-12(22)9-11(20)3-4-13-14-5-6-15(18(24)19(25)26)21(14,2)10-16(23)17(13)20/h7-9,13-15,17-18,24H,3-6,10H2,1-2H3,(H,25,26)/t13-,14-,15+,17+,18?,20-,21-/m0/s1. The van der Waals surface area contributed by atoms with Crippen LogP contribution < -0.4 is 0 Å². The van der Waals surface area contributed by atoms with Gasteiger partial charge >= 0.3 is 5.97 Å². The van der Waals surface area contributed by atoms with Gasteiger partial charge in [-0.05, 0) is 55.1 Å².